The topological polar surface area (TPSA) is 12.0 Å². The van der Waals surface area contributed by atoms with Gasteiger partial charge in [-0.2, -0.15) is 26.3 Å². The quantitative estimate of drug-likeness (QED) is 0.742. The highest BCUT2D eigenvalue weighted by molar-refractivity contribution is 5.39. The second-order valence-corrected chi connectivity index (χ2v) is 4.92. The Hall–Kier alpha value is -1.31. The van der Waals surface area contributed by atoms with Crippen LogP contribution in [0.5, 0.6) is 0 Å². The van der Waals surface area contributed by atoms with E-state index in [2.05, 4.69) is 5.32 Å². The summed E-state index contributed by atoms with van der Waals surface area (Å²) in [5, 5.41) is 2.73. The lowest BCUT2D eigenvalue weighted by Gasteiger charge is -2.27. The second-order valence-electron chi connectivity index (χ2n) is 4.92. The molecule has 1 fully saturated rings. The summed E-state index contributed by atoms with van der Waals surface area (Å²) in [6.07, 6.45) is -8.49. The molecule has 21 heavy (non-hydrogen) atoms. The molecule has 8 heteroatoms. The third kappa shape index (κ3) is 3.48. The van der Waals surface area contributed by atoms with Gasteiger partial charge in [0.25, 0.3) is 0 Å². The van der Waals surface area contributed by atoms with Gasteiger partial charge in [-0.3, -0.25) is 0 Å². The maximum Gasteiger partial charge on any atom is 0.416 e. The number of rotatable bonds is 1. The van der Waals surface area contributed by atoms with Gasteiger partial charge in [0.1, 0.15) is 5.82 Å². The Morgan fingerprint density at radius 2 is 1.62 bits per heavy atom. The zero-order chi connectivity index (χ0) is 15.8. The highest BCUT2D eigenvalue weighted by atomic mass is 19.4. The Labute approximate surface area is 116 Å². The maximum atomic E-state index is 13.9. The molecule has 0 radical (unpaired) electrons. The molecule has 118 valence electrons. The van der Waals surface area contributed by atoms with E-state index in [1.807, 2.05) is 0 Å². The van der Waals surface area contributed by atoms with Crippen molar-refractivity contribution in [2.75, 3.05) is 6.54 Å². The first-order chi connectivity index (χ1) is 9.60. The van der Waals surface area contributed by atoms with Crippen LogP contribution in [0.25, 0.3) is 0 Å². The molecule has 1 aromatic rings. The van der Waals surface area contributed by atoms with E-state index in [4.69, 9.17) is 0 Å². The number of nitrogens with one attached hydrogen (secondary N) is 1. The Kier molecular flexibility index (Phi) is 4.19. The van der Waals surface area contributed by atoms with E-state index in [9.17, 15) is 30.7 Å². The van der Waals surface area contributed by atoms with E-state index in [-0.39, 0.29) is 18.6 Å². The standard InChI is InChI=1S/C13H12F7N/c14-9-6-7(12(15,16)17)5-8(13(18,19)20)11(9)10-3-1-2-4-21-10/h5-6,10,21H,1-4H2/t10-/m1/s1. The van der Waals surface area contributed by atoms with Crippen LogP contribution in [0.2, 0.25) is 0 Å². The summed E-state index contributed by atoms with van der Waals surface area (Å²) in [7, 11) is 0. The van der Waals surface area contributed by atoms with Gasteiger partial charge in [0.05, 0.1) is 11.1 Å². The first-order valence-electron chi connectivity index (χ1n) is 6.32. The third-order valence-electron chi connectivity index (χ3n) is 3.42. The number of hydrogen-bond donors (Lipinski definition) is 1. The lowest BCUT2D eigenvalue weighted by atomic mass is 9.91. The van der Waals surface area contributed by atoms with Crippen molar-refractivity contribution >= 4 is 0 Å². The molecule has 1 atom stereocenters. The number of halogens is 7. The van der Waals surface area contributed by atoms with Crippen LogP contribution in [0.1, 0.15) is 42.0 Å². The monoisotopic (exact) mass is 315 g/mol. The fraction of sp³-hybridized carbons (Fsp3) is 0.538. The fourth-order valence-corrected chi connectivity index (χ4v) is 2.47. The van der Waals surface area contributed by atoms with Crippen LogP contribution in [0.4, 0.5) is 30.7 Å². The van der Waals surface area contributed by atoms with Gasteiger partial charge in [-0.1, -0.05) is 6.42 Å². The van der Waals surface area contributed by atoms with Gasteiger partial charge in [-0.25, -0.2) is 4.39 Å². The molecule has 0 aromatic heterocycles. The smallest absolute Gasteiger partial charge is 0.310 e. The van der Waals surface area contributed by atoms with E-state index in [0.29, 0.717) is 13.0 Å². The number of piperidine rings is 1. The summed E-state index contributed by atoms with van der Waals surface area (Å²) >= 11 is 0. The van der Waals surface area contributed by atoms with E-state index in [1.165, 1.54) is 0 Å². The van der Waals surface area contributed by atoms with Crippen molar-refractivity contribution in [3.63, 3.8) is 0 Å². The minimum Gasteiger partial charge on any atom is -0.310 e. The molecule has 0 bridgehead atoms. The van der Waals surface area contributed by atoms with Crippen LogP contribution < -0.4 is 5.32 Å². The summed E-state index contributed by atoms with van der Waals surface area (Å²) in [6.45, 7) is 0.405. The lowest BCUT2D eigenvalue weighted by molar-refractivity contribution is -0.144. The average molecular weight is 315 g/mol. The molecular formula is C13H12F7N. The van der Waals surface area contributed by atoms with Crippen LogP contribution in [0.3, 0.4) is 0 Å². The molecule has 0 spiro atoms. The Morgan fingerprint density at radius 1 is 0.952 bits per heavy atom. The molecule has 1 aromatic carbocycles. The number of hydrogen-bond acceptors (Lipinski definition) is 1. The van der Waals surface area contributed by atoms with Gasteiger partial charge < -0.3 is 5.32 Å². The fourth-order valence-electron chi connectivity index (χ4n) is 2.47. The Balaban J connectivity index is 2.57. The van der Waals surface area contributed by atoms with Crippen LogP contribution in [0, 0.1) is 5.82 Å². The molecule has 0 aliphatic carbocycles. The highest BCUT2D eigenvalue weighted by Crippen LogP contribution is 2.41. The number of benzene rings is 1. The van der Waals surface area contributed by atoms with Crippen molar-refractivity contribution in [1.82, 2.24) is 5.32 Å². The van der Waals surface area contributed by atoms with Gasteiger partial charge in [0.2, 0.25) is 0 Å². The minimum atomic E-state index is -5.05. The largest absolute Gasteiger partial charge is 0.416 e. The molecule has 1 aliphatic heterocycles. The van der Waals surface area contributed by atoms with Crippen molar-refractivity contribution in [3.05, 3.63) is 34.6 Å². The van der Waals surface area contributed by atoms with Gasteiger partial charge in [0.15, 0.2) is 0 Å². The van der Waals surface area contributed by atoms with E-state index in [1.54, 1.807) is 0 Å². The average Bonchev–Trinajstić information content (AvgIpc) is 2.36. The van der Waals surface area contributed by atoms with Gasteiger partial charge in [-0.05, 0) is 31.5 Å². The molecule has 1 saturated heterocycles. The summed E-state index contributed by atoms with van der Waals surface area (Å²) in [4.78, 5) is 0. The van der Waals surface area contributed by atoms with Crippen LogP contribution >= 0.6 is 0 Å². The van der Waals surface area contributed by atoms with Crippen molar-refractivity contribution in [3.8, 4) is 0 Å². The molecule has 0 saturated carbocycles. The lowest BCUT2D eigenvalue weighted by Crippen LogP contribution is -2.30. The molecular weight excluding hydrogens is 303 g/mol. The molecule has 2 rings (SSSR count). The maximum absolute atomic E-state index is 13.9. The van der Waals surface area contributed by atoms with E-state index in [0.717, 1.165) is 6.42 Å². The summed E-state index contributed by atoms with van der Waals surface area (Å²) in [5.74, 6) is -1.48. The first kappa shape index (κ1) is 16.1. The van der Waals surface area contributed by atoms with Crippen LogP contribution in [0.15, 0.2) is 12.1 Å². The third-order valence-corrected chi connectivity index (χ3v) is 3.42. The zero-order valence-corrected chi connectivity index (χ0v) is 10.7. The SMILES string of the molecule is Fc1cc(C(F)(F)F)cc(C(F)(F)F)c1[C@H]1CCCCN1. The predicted octanol–water partition coefficient (Wildman–Crippen LogP) is 4.68. The normalized spacial score (nSPS) is 20.6. The Morgan fingerprint density at radius 3 is 2.10 bits per heavy atom. The highest BCUT2D eigenvalue weighted by Gasteiger charge is 2.41. The summed E-state index contributed by atoms with van der Waals surface area (Å²) in [6, 6.07) is -0.812. The molecule has 1 nitrogen and oxygen atoms in total. The van der Waals surface area contributed by atoms with Crippen LogP contribution in [-0.2, 0) is 12.4 Å². The van der Waals surface area contributed by atoms with Crippen molar-refractivity contribution < 1.29 is 30.7 Å². The molecule has 1 N–H and O–H groups in total. The molecule has 0 unspecified atom stereocenters. The van der Waals surface area contributed by atoms with Gasteiger partial charge >= 0.3 is 12.4 Å². The van der Waals surface area contributed by atoms with Crippen LogP contribution in [-0.4, -0.2) is 6.54 Å². The minimum absolute atomic E-state index is 0.0191. The summed E-state index contributed by atoms with van der Waals surface area (Å²) in [5.41, 5.74) is -3.92. The predicted molar refractivity (Wildman–Crippen MR) is 61.0 cm³/mol. The number of alkyl halides is 6. The zero-order valence-electron chi connectivity index (χ0n) is 10.7. The molecule has 0 amide bonds. The van der Waals surface area contributed by atoms with E-state index >= 15 is 0 Å². The first-order valence-corrected chi connectivity index (χ1v) is 6.32. The van der Waals surface area contributed by atoms with Crippen molar-refractivity contribution in [2.45, 2.75) is 37.7 Å². The summed E-state index contributed by atoms with van der Waals surface area (Å²) < 4.78 is 90.6. The Bertz CT molecular complexity index is 512. The van der Waals surface area contributed by atoms with Crippen molar-refractivity contribution in [2.24, 2.45) is 0 Å². The van der Waals surface area contributed by atoms with Crippen molar-refractivity contribution in [1.29, 1.82) is 0 Å². The van der Waals surface area contributed by atoms with Gasteiger partial charge in [0, 0.05) is 11.6 Å². The molecule has 1 aliphatic rings. The van der Waals surface area contributed by atoms with E-state index < -0.39 is 40.9 Å². The second kappa shape index (κ2) is 5.47. The molecule has 1 heterocycles. The van der Waals surface area contributed by atoms with Gasteiger partial charge in [-0.15, -0.1) is 0 Å².